The number of nitrogens with one attached hydrogen (secondary N) is 2. The van der Waals surface area contributed by atoms with Gasteiger partial charge >= 0.3 is 0 Å². The minimum atomic E-state index is -0.439. The zero-order chi connectivity index (χ0) is 17.6. The van der Waals surface area contributed by atoms with Crippen molar-refractivity contribution in [3.8, 4) is 0 Å². The molecule has 3 nitrogen and oxygen atoms in total. The Labute approximate surface area is 150 Å². The summed E-state index contributed by atoms with van der Waals surface area (Å²) in [4.78, 5) is 12.0. The molecule has 0 aliphatic heterocycles. The smallest absolute Gasteiger partial charge is 0.250 e. The number of rotatable bonds is 3. The molecule has 0 saturated carbocycles. The van der Waals surface area contributed by atoms with Crippen LogP contribution < -0.4 is 10.6 Å². The Morgan fingerprint density at radius 3 is 2.52 bits per heavy atom. The highest BCUT2D eigenvalue weighted by molar-refractivity contribution is 7.80. The molecule has 3 aromatic rings. The van der Waals surface area contributed by atoms with Crippen LogP contribution >= 0.6 is 12.2 Å². The first kappa shape index (κ1) is 16.8. The highest BCUT2D eigenvalue weighted by atomic mass is 32.1. The van der Waals surface area contributed by atoms with E-state index in [0.717, 1.165) is 16.3 Å². The van der Waals surface area contributed by atoms with Gasteiger partial charge in [-0.25, -0.2) is 4.39 Å². The Hall–Kier alpha value is -3.05. The van der Waals surface area contributed by atoms with Crippen molar-refractivity contribution in [2.75, 3.05) is 5.32 Å². The van der Waals surface area contributed by atoms with Crippen molar-refractivity contribution >= 4 is 45.8 Å². The van der Waals surface area contributed by atoms with E-state index in [1.54, 1.807) is 24.3 Å². The maximum atomic E-state index is 13.6. The third-order valence-electron chi connectivity index (χ3n) is 3.60. The van der Waals surface area contributed by atoms with Gasteiger partial charge in [0.05, 0.1) is 5.69 Å². The van der Waals surface area contributed by atoms with Crippen molar-refractivity contribution < 1.29 is 9.18 Å². The lowest BCUT2D eigenvalue weighted by Gasteiger charge is -2.08. The number of hydrogen-bond acceptors (Lipinski definition) is 2. The van der Waals surface area contributed by atoms with Gasteiger partial charge in [0.2, 0.25) is 5.91 Å². The van der Waals surface area contributed by atoms with Gasteiger partial charge in [0.1, 0.15) is 5.82 Å². The van der Waals surface area contributed by atoms with Gasteiger partial charge < -0.3 is 5.32 Å². The summed E-state index contributed by atoms with van der Waals surface area (Å²) in [6.45, 7) is 0. The second-order valence-corrected chi connectivity index (χ2v) is 5.73. The van der Waals surface area contributed by atoms with Crippen LogP contribution in [0.3, 0.4) is 0 Å². The number of amides is 1. The highest BCUT2D eigenvalue weighted by Crippen LogP contribution is 2.19. The summed E-state index contributed by atoms with van der Waals surface area (Å²) in [5.74, 6) is -0.827. The number of halogens is 1. The first-order valence-corrected chi connectivity index (χ1v) is 8.06. The van der Waals surface area contributed by atoms with Crippen LogP contribution in [0, 0.1) is 5.82 Å². The van der Waals surface area contributed by atoms with Crippen LogP contribution in [0.4, 0.5) is 10.1 Å². The standard InChI is InChI=1S/C20H15FN2OS/c21-17-10-3-4-11-18(17)22-20(25)23-19(24)13-12-15-8-5-7-14-6-1-2-9-16(14)15/h1-13H,(H2,22,23,24,25)/b13-12+. The molecule has 0 aliphatic carbocycles. The minimum Gasteiger partial charge on any atom is -0.330 e. The van der Waals surface area contributed by atoms with Crippen molar-refractivity contribution in [1.29, 1.82) is 0 Å². The van der Waals surface area contributed by atoms with E-state index in [4.69, 9.17) is 12.2 Å². The topological polar surface area (TPSA) is 41.1 Å². The number of para-hydroxylation sites is 1. The third-order valence-corrected chi connectivity index (χ3v) is 3.80. The minimum absolute atomic E-state index is 0.0395. The zero-order valence-corrected chi connectivity index (χ0v) is 14.0. The summed E-state index contributed by atoms with van der Waals surface area (Å²) in [5, 5.41) is 7.36. The molecular weight excluding hydrogens is 335 g/mol. The molecule has 0 aliphatic rings. The number of fused-ring (bicyclic) bond motifs is 1. The highest BCUT2D eigenvalue weighted by Gasteiger charge is 2.05. The van der Waals surface area contributed by atoms with Gasteiger partial charge in [0, 0.05) is 6.08 Å². The van der Waals surface area contributed by atoms with Gasteiger partial charge in [-0.1, -0.05) is 54.6 Å². The van der Waals surface area contributed by atoms with Gasteiger partial charge in [-0.3, -0.25) is 10.1 Å². The van der Waals surface area contributed by atoms with Gasteiger partial charge in [-0.2, -0.15) is 0 Å². The fourth-order valence-corrected chi connectivity index (χ4v) is 2.64. The van der Waals surface area contributed by atoms with Crippen molar-refractivity contribution in [3.63, 3.8) is 0 Å². The molecule has 0 bridgehead atoms. The molecule has 124 valence electrons. The number of anilines is 1. The molecule has 0 saturated heterocycles. The SMILES string of the molecule is O=C(/C=C/c1cccc2ccccc12)NC(=S)Nc1ccccc1F. The molecule has 5 heteroatoms. The fraction of sp³-hybridized carbons (Fsp3) is 0. The molecule has 3 rings (SSSR count). The number of carbonyl (C=O) groups excluding carboxylic acids is 1. The molecule has 1 amide bonds. The van der Waals surface area contributed by atoms with Crippen LogP contribution in [-0.4, -0.2) is 11.0 Å². The average Bonchev–Trinajstić information content (AvgIpc) is 2.62. The molecule has 0 fully saturated rings. The second kappa shape index (κ2) is 7.68. The van der Waals surface area contributed by atoms with Gasteiger partial charge in [-0.05, 0) is 46.8 Å². The summed E-state index contributed by atoms with van der Waals surface area (Å²) in [5.41, 5.74) is 1.15. The predicted molar refractivity (Wildman–Crippen MR) is 104 cm³/mol. The monoisotopic (exact) mass is 350 g/mol. The number of benzene rings is 3. The largest absolute Gasteiger partial charge is 0.330 e. The fourth-order valence-electron chi connectivity index (χ4n) is 2.43. The van der Waals surface area contributed by atoms with Gasteiger partial charge in [0.15, 0.2) is 5.11 Å². The molecule has 0 heterocycles. The Morgan fingerprint density at radius 1 is 0.960 bits per heavy atom. The van der Waals surface area contributed by atoms with Gasteiger partial charge in [-0.15, -0.1) is 0 Å². The summed E-state index contributed by atoms with van der Waals surface area (Å²) in [6, 6.07) is 19.9. The number of thiocarbonyl (C=S) groups is 1. The van der Waals surface area contributed by atoms with Crippen LogP contribution in [0.5, 0.6) is 0 Å². The van der Waals surface area contributed by atoms with E-state index in [0.29, 0.717) is 0 Å². The van der Waals surface area contributed by atoms with Crippen LogP contribution in [0.15, 0.2) is 72.8 Å². The van der Waals surface area contributed by atoms with Crippen LogP contribution in [0.1, 0.15) is 5.56 Å². The normalized spacial score (nSPS) is 10.8. The van der Waals surface area contributed by atoms with Crippen LogP contribution in [0.2, 0.25) is 0 Å². The van der Waals surface area contributed by atoms with E-state index in [9.17, 15) is 9.18 Å². The summed E-state index contributed by atoms with van der Waals surface area (Å²) >= 11 is 5.04. The molecule has 0 aromatic heterocycles. The Morgan fingerprint density at radius 2 is 1.68 bits per heavy atom. The van der Waals surface area contributed by atoms with Crippen LogP contribution in [0.25, 0.3) is 16.8 Å². The van der Waals surface area contributed by atoms with E-state index >= 15 is 0 Å². The van der Waals surface area contributed by atoms with E-state index in [1.165, 1.54) is 12.1 Å². The Bertz CT molecular complexity index is 963. The van der Waals surface area contributed by atoms with Crippen molar-refractivity contribution in [2.24, 2.45) is 0 Å². The molecule has 25 heavy (non-hydrogen) atoms. The summed E-state index contributed by atoms with van der Waals surface area (Å²) in [7, 11) is 0. The third kappa shape index (κ3) is 4.28. The molecular formula is C20H15FN2OS. The zero-order valence-electron chi connectivity index (χ0n) is 13.2. The summed E-state index contributed by atoms with van der Waals surface area (Å²) < 4.78 is 13.6. The first-order chi connectivity index (χ1) is 12.1. The van der Waals surface area contributed by atoms with Crippen molar-refractivity contribution in [2.45, 2.75) is 0 Å². The Balaban J connectivity index is 1.66. The molecule has 0 spiro atoms. The quantitative estimate of drug-likeness (QED) is 0.540. The summed E-state index contributed by atoms with van der Waals surface area (Å²) in [6.07, 6.45) is 3.13. The molecule has 0 radical (unpaired) electrons. The average molecular weight is 350 g/mol. The molecule has 0 atom stereocenters. The lowest BCUT2D eigenvalue weighted by atomic mass is 10.0. The number of carbonyl (C=O) groups is 1. The number of hydrogen-bond donors (Lipinski definition) is 2. The second-order valence-electron chi connectivity index (χ2n) is 5.32. The molecule has 0 unspecified atom stereocenters. The van der Waals surface area contributed by atoms with Crippen molar-refractivity contribution in [1.82, 2.24) is 5.32 Å². The maximum absolute atomic E-state index is 13.6. The van der Waals surface area contributed by atoms with Gasteiger partial charge in [0.25, 0.3) is 0 Å². The van der Waals surface area contributed by atoms with E-state index in [2.05, 4.69) is 10.6 Å². The predicted octanol–water partition coefficient (Wildman–Crippen LogP) is 4.51. The van der Waals surface area contributed by atoms with Crippen molar-refractivity contribution in [3.05, 3.63) is 84.2 Å². The first-order valence-electron chi connectivity index (χ1n) is 7.66. The van der Waals surface area contributed by atoms with Crippen LogP contribution in [-0.2, 0) is 4.79 Å². The lowest BCUT2D eigenvalue weighted by molar-refractivity contribution is -0.115. The Kier molecular flexibility index (Phi) is 5.16. The maximum Gasteiger partial charge on any atom is 0.250 e. The van der Waals surface area contributed by atoms with E-state index in [1.807, 2.05) is 42.5 Å². The lowest BCUT2D eigenvalue weighted by Crippen LogP contribution is -2.33. The van der Waals surface area contributed by atoms with E-state index in [-0.39, 0.29) is 16.7 Å². The molecule has 2 N–H and O–H groups in total. The van der Waals surface area contributed by atoms with E-state index < -0.39 is 5.82 Å². The molecule has 3 aromatic carbocycles.